The minimum atomic E-state index is 0.325. The van der Waals surface area contributed by atoms with Crippen LogP contribution < -0.4 is 0 Å². The topological polar surface area (TPSA) is 30.7 Å². The molecule has 0 radical (unpaired) electrons. The maximum Gasteiger partial charge on any atom is 0.225 e. The molecule has 0 bridgehead atoms. The van der Waals surface area contributed by atoms with E-state index in [0.29, 0.717) is 10.8 Å². The molecule has 2 aliphatic rings. The van der Waals surface area contributed by atoms with Gasteiger partial charge in [0.05, 0.1) is 5.54 Å². The third-order valence-electron chi connectivity index (χ3n) is 3.55. The van der Waals surface area contributed by atoms with Crippen LogP contribution in [0.25, 0.3) is 0 Å². The minimum Gasteiger partial charge on any atom is -0.295 e. The fourth-order valence-electron chi connectivity index (χ4n) is 2.53. The lowest BCUT2D eigenvalue weighted by Crippen LogP contribution is -2.22. The average molecular weight is 212 g/mol. The maximum atomic E-state index is 6.11. The summed E-state index contributed by atoms with van der Waals surface area (Å²) in [5.74, 6) is 1.90. The van der Waals surface area contributed by atoms with Crippen molar-refractivity contribution in [2.45, 2.75) is 44.6 Å². The Morgan fingerprint density at radius 3 is 2.64 bits per heavy atom. The van der Waals surface area contributed by atoms with Gasteiger partial charge in [0.25, 0.3) is 0 Å². The molecule has 0 aromatic carbocycles. The van der Waals surface area contributed by atoms with E-state index in [2.05, 4.69) is 21.7 Å². The quantitative estimate of drug-likeness (QED) is 0.769. The standard InChI is InChI=1S/C10H14ClN3/c1-2-8-12-13-9(11)14(8)10(5-6-10)7-3-4-7/h7H,2-6H2,1H3. The maximum absolute atomic E-state index is 6.11. The van der Waals surface area contributed by atoms with Gasteiger partial charge in [-0.15, -0.1) is 10.2 Å². The summed E-state index contributed by atoms with van der Waals surface area (Å²) in [5.41, 5.74) is 0.325. The Morgan fingerprint density at radius 2 is 2.14 bits per heavy atom. The summed E-state index contributed by atoms with van der Waals surface area (Å²) in [7, 11) is 0. The highest BCUT2D eigenvalue weighted by Gasteiger charge is 2.56. The molecule has 0 aliphatic heterocycles. The van der Waals surface area contributed by atoms with E-state index in [1.54, 1.807) is 0 Å². The Bertz CT molecular complexity index is 363. The van der Waals surface area contributed by atoms with Crippen molar-refractivity contribution in [1.82, 2.24) is 14.8 Å². The highest BCUT2D eigenvalue weighted by molar-refractivity contribution is 6.28. The molecule has 0 unspecified atom stereocenters. The molecule has 0 N–H and O–H groups in total. The number of hydrogen-bond donors (Lipinski definition) is 0. The minimum absolute atomic E-state index is 0.325. The second kappa shape index (κ2) is 2.72. The number of nitrogens with zero attached hydrogens (tertiary/aromatic N) is 3. The van der Waals surface area contributed by atoms with Crippen LogP contribution in [0.4, 0.5) is 0 Å². The van der Waals surface area contributed by atoms with Gasteiger partial charge in [-0.3, -0.25) is 4.57 Å². The highest BCUT2D eigenvalue weighted by atomic mass is 35.5. The first-order chi connectivity index (χ1) is 6.78. The Labute approximate surface area is 88.5 Å². The van der Waals surface area contributed by atoms with Gasteiger partial charge < -0.3 is 0 Å². The Hall–Kier alpha value is -0.570. The molecule has 3 nitrogen and oxygen atoms in total. The molecule has 3 rings (SSSR count). The van der Waals surface area contributed by atoms with Crippen molar-refractivity contribution in [3.8, 4) is 0 Å². The molecule has 0 spiro atoms. The van der Waals surface area contributed by atoms with Crippen LogP contribution in [0, 0.1) is 5.92 Å². The van der Waals surface area contributed by atoms with Crippen LogP contribution in [-0.4, -0.2) is 14.8 Å². The molecule has 1 aromatic heterocycles. The van der Waals surface area contributed by atoms with Gasteiger partial charge in [0, 0.05) is 6.42 Å². The molecule has 0 saturated heterocycles. The molecule has 14 heavy (non-hydrogen) atoms. The number of aryl methyl sites for hydroxylation is 1. The monoisotopic (exact) mass is 211 g/mol. The zero-order valence-corrected chi connectivity index (χ0v) is 9.09. The molecule has 76 valence electrons. The van der Waals surface area contributed by atoms with Gasteiger partial charge in [-0.1, -0.05) is 6.92 Å². The molecular formula is C10H14ClN3. The molecule has 2 aliphatic carbocycles. The molecule has 0 atom stereocenters. The average Bonchev–Trinajstić information content (AvgIpc) is 3.04. The smallest absolute Gasteiger partial charge is 0.225 e. The summed E-state index contributed by atoms with van der Waals surface area (Å²) in [6.45, 7) is 2.11. The van der Waals surface area contributed by atoms with Crippen LogP contribution in [0.15, 0.2) is 0 Å². The summed E-state index contributed by atoms with van der Waals surface area (Å²) in [5, 5.41) is 8.70. The van der Waals surface area contributed by atoms with Gasteiger partial charge in [-0.25, -0.2) is 0 Å². The first-order valence-corrected chi connectivity index (χ1v) is 5.76. The SMILES string of the molecule is CCc1nnc(Cl)n1C1(C2CC2)CC1. The number of aromatic nitrogens is 3. The Balaban J connectivity index is 2.05. The van der Waals surface area contributed by atoms with Gasteiger partial charge >= 0.3 is 0 Å². The van der Waals surface area contributed by atoms with Crippen molar-refractivity contribution in [2.24, 2.45) is 5.92 Å². The lowest BCUT2D eigenvalue weighted by molar-refractivity contribution is 0.407. The zero-order chi connectivity index (χ0) is 9.76. The fraction of sp³-hybridized carbons (Fsp3) is 0.800. The van der Waals surface area contributed by atoms with Crippen molar-refractivity contribution in [2.75, 3.05) is 0 Å². The number of hydrogen-bond acceptors (Lipinski definition) is 2. The number of halogens is 1. The van der Waals surface area contributed by atoms with Crippen molar-refractivity contribution < 1.29 is 0 Å². The lowest BCUT2D eigenvalue weighted by Gasteiger charge is -2.18. The van der Waals surface area contributed by atoms with Gasteiger partial charge in [-0.05, 0) is 43.2 Å². The van der Waals surface area contributed by atoms with E-state index < -0.39 is 0 Å². The summed E-state index contributed by atoms with van der Waals surface area (Å²) in [6, 6.07) is 0. The summed E-state index contributed by atoms with van der Waals surface area (Å²) >= 11 is 6.11. The van der Waals surface area contributed by atoms with Crippen LogP contribution in [-0.2, 0) is 12.0 Å². The normalized spacial score (nSPS) is 23.9. The molecule has 1 heterocycles. The van der Waals surface area contributed by atoms with Crippen LogP contribution in [0.3, 0.4) is 0 Å². The molecule has 2 saturated carbocycles. The van der Waals surface area contributed by atoms with Gasteiger partial charge in [-0.2, -0.15) is 0 Å². The second-order valence-corrected chi connectivity index (χ2v) is 4.79. The molecule has 0 amide bonds. The first-order valence-electron chi connectivity index (χ1n) is 5.38. The van der Waals surface area contributed by atoms with E-state index in [0.717, 1.165) is 18.2 Å². The molecule has 2 fully saturated rings. The van der Waals surface area contributed by atoms with Crippen LogP contribution in [0.2, 0.25) is 5.28 Å². The van der Waals surface area contributed by atoms with Gasteiger partial charge in [0.2, 0.25) is 5.28 Å². The second-order valence-electron chi connectivity index (χ2n) is 4.45. The first kappa shape index (κ1) is 8.72. The molecular weight excluding hydrogens is 198 g/mol. The van der Waals surface area contributed by atoms with Crippen molar-refractivity contribution in [3.05, 3.63) is 11.1 Å². The molecule has 1 aromatic rings. The predicted octanol–water partition coefficient (Wildman–Crippen LogP) is 2.39. The predicted molar refractivity (Wildman–Crippen MR) is 54.3 cm³/mol. The summed E-state index contributed by atoms with van der Waals surface area (Å²) in [4.78, 5) is 0. The largest absolute Gasteiger partial charge is 0.295 e. The van der Waals surface area contributed by atoms with Crippen molar-refractivity contribution in [3.63, 3.8) is 0 Å². The van der Waals surface area contributed by atoms with Crippen molar-refractivity contribution >= 4 is 11.6 Å². The Kier molecular flexibility index (Phi) is 1.69. The van der Waals surface area contributed by atoms with Gasteiger partial charge in [0.1, 0.15) is 5.82 Å². The van der Waals surface area contributed by atoms with Gasteiger partial charge in [0.15, 0.2) is 0 Å². The van der Waals surface area contributed by atoms with Crippen LogP contribution in [0.5, 0.6) is 0 Å². The lowest BCUT2D eigenvalue weighted by atomic mass is 10.1. The fourth-order valence-corrected chi connectivity index (χ4v) is 2.83. The van der Waals surface area contributed by atoms with Crippen LogP contribution >= 0.6 is 11.6 Å². The van der Waals surface area contributed by atoms with E-state index in [1.165, 1.54) is 25.7 Å². The molecule has 4 heteroatoms. The van der Waals surface area contributed by atoms with Crippen molar-refractivity contribution in [1.29, 1.82) is 0 Å². The van der Waals surface area contributed by atoms with E-state index in [-0.39, 0.29) is 0 Å². The van der Waals surface area contributed by atoms with Crippen LogP contribution in [0.1, 0.15) is 38.4 Å². The van der Waals surface area contributed by atoms with E-state index in [1.807, 2.05) is 0 Å². The third-order valence-corrected chi connectivity index (χ3v) is 3.80. The Morgan fingerprint density at radius 1 is 1.43 bits per heavy atom. The summed E-state index contributed by atoms with van der Waals surface area (Å²) < 4.78 is 2.20. The van der Waals surface area contributed by atoms with E-state index in [4.69, 9.17) is 11.6 Å². The van der Waals surface area contributed by atoms with E-state index in [9.17, 15) is 0 Å². The third kappa shape index (κ3) is 1.05. The van der Waals surface area contributed by atoms with E-state index >= 15 is 0 Å². The summed E-state index contributed by atoms with van der Waals surface area (Å²) in [6.07, 6.45) is 6.17. The number of rotatable bonds is 3. The zero-order valence-electron chi connectivity index (χ0n) is 8.33. The highest BCUT2D eigenvalue weighted by Crippen LogP contribution is 2.60.